The molecule has 2 aromatic carbocycles. The molecule has 5 heterocycles. The topological polar surface area (TPSA) is 365 Å². The van der Waals surface area contributed by atoms with Crippen molar-refractivity contribution < 1.29 is 131 Å². The Labute approximate surface area is 503 Å². The molecule has 5 aliphatic heterocycles. The number of hydrogen-bond acceptors (Lipinski definition) is 27. The Hall–Kier alpha value is -4.63. The molecule has 0 spiro atoms. The molecule has 0 radical (unpaired) electrons. The number of benzene rings is 2. The molecule has 25 atom stereocenters. The second-order valence-electron chi connectivity index (χ2n) is 24.2. The van der Waals surface area contributed by atoms with Gasteiger partial charge >= 0.3 is 17.9 Å². The minimum Gasteiger partial charge on any atom is -0.506 e. The Morgan fingerprint density at radius 3 is 1.79 bits per heavy atom. The van der Waals surface area contributed by atoms with Crippen LogP contribution in [0, 0.1) is 11.8 Å². The number of aliphatic hydroxyl groups is 6. The first-order chi connectivity index (χ1) is 40.9. The molecule has 1 aliphatic carbocycles. The lowest BCUT2D eigenvalue weighted by Crippen LogP contribution is -2.59. The number of Topliss-reactive ketones (excluding diaryl/α,β-unsaturated/α-hetero) is 2. The van der Waals surface area contributed by atoms with Crippen LogP contribution in [0.25, 0.3) is 10.8 Å². The maximum absolute atomic E-state index is 15.3. The van der Waals surface area contributed by atoms with Crippen LogP contribution in [0.15, 0.2) is 18.2 Å². The molecular formula is C60H86O27. The fourth-order valence-corrected chi connectivity index (χ4v) is 12.6. The monoisotopic (exact) mass is 1240 g/mol. The number of hydrogen-bond donors (Lipinski definition) is 7. The molecule has 87 heavy (non-hydrogen) atoms. The molecule has 5 saturated heterocycles. The number of methoxy groups -OCH3 is 2. The highest BCUT2D eigenvalue weighted by atomic mass is 16.7. The van der Waals surface area contributed by atoms with Gasteiger partial charge in [-0.05, 0) is 78.0 Å². The van der Waals surface area contributed by atoms with E-state index in [0.29, 0.717) is 0 Å². The van der Waals surface area contributed by atoms with Crippen molar-refractivity contribution in [2.45, 2.75) is 262 Å². The first kappa shape index (κ1) is 68.3. The maximum Gasteiger partial charge on any atom is 0.308 e. The molecule has 5 fully saturated rings. The Balaban J connectivity index is 1.05. The molecule has 0 bridgehead atoms. The van der Waals surface area contributed by atoms with Crippen molar-refractivity contribution in [2.75, 3.05) is 14.2 Å². The predicted molar refractivity (Wildman–Crippen MR) is 297 cm³/mol. The number of phenols is 1. The fraction of sp³-hybridized carbons (Fsp3) is 0.750. The van der Waals surface area contributed by atoms with Crippen LogP contribution in [0.5, 0.6) is 17.2 Å². The zero-order chi connectivity index (χ0) is 63.8. The van der Waals surface area contributed by atoms with Gasteiger partial charge in [-0.2, -0.15) is 0 Å². The van der Waals surface area contributed by atoms with Gasteiger partial charge in [-0.1, -0.05) is 13.8 Å². The van der Waals surface area contributed by atoms with E-state index in [1.807, 2.05) is 0 Å². The summed E-state index contributed by atoms with van der Waals surface area (Å²) >= 11 is 0. The van der Waals surface area contributed by atoms with Gasteiger partial charge in [-0.15, -0.1) is 0 Å². The third kappa shape index (κ3) is 15.4. The first-order valence-electron chi connectivity index (χ1n) is 29.6. The molecule has 488 valence electrons. The highest BCUT2D eigenvalue weighted by Gasteiger charge is 2.53. The molecule has 7 N–H and O–H groups in total. The van der Waals surface area contributed by atoms with E-state index in [2.05, 4.69) is 0 Å². The minimum absolute atomic E-state index is 0.0380. The van der Waals surface area contributed by atoms with Gasteiger partial charge in [0.1, 0.15) is 65.6 Å². The molecule has 0 saturated carbocycles. The first-order valence-corrected chi connectivity index (χ1v) is 29.6. The maximum atomic E-state index is 15.3. The van der Waals surface area contributed by atoms with Crippen LogP contribution >= 0.6 is 0 Å². The largest absolute Gasteiger partial charge is 0.506 e. The summed E-state index contributed by atoms with van der Waals surface area (Å²) in [5.41, 5.74) is -1.70. The van der Waals surface area contributed by atoms with Crippen LogP contribution < -0.4 is 9.47 Å². The number of aromatic hydroxyl groups is 1. The average Bonchev–Trinajstić information content (AvgIpc) is 0.959. The third-order valence-corrected chi connectivity index (χ3v) is 16.9. The lowest BCUT2D eigenvalue weighted by Gasteiger charge is -2.47. The van der Waals surface area contributed by atoms with Crippen molar-refractivity contribution in [1.29, 1.82) is 0 Å². The normalized spacial score (nSPS) is 38.4. The SMILES string of the molecule is CO[C@@H]1[C@H](O)C[C@@H](O[C@@H]2C[C@H](Oc3cc(OC(C)=O)c4c(O)c5c(cc4c3)C[C@@H]([C@H](OC)C(=O)[C@@H](O)[C@@H](C)O)[C@H](O[C@H]3C[C@@H](O[C@H]4C[C@@H](O[C@H]6C[C@](C)(O)[C@@H](OC(=O)C(C)C)[C@H](C)O6)[C@H](O)[C@@H](C)O4)[C@H](O)[C@@H](C)O3)C5=O)O[C@H](C)[C@@H]2OC(C)=O)O[C@@H]1C. The summed E-state index contributed by atoms with van der Waals surface area (Å²) in [7, 11) is 2.63. The number of aliphatic hydroxyl groups excluding tert-OH is 5. The van der Waals surface area contributed by atoms with Crippen molar-refractivity contribution in [2.24, 2.45) is 11.8 Å². The van der Waals surface area contributed by atoms with E-state index < -0.39 is 194 Å². The van der Waals surface area contributed by atoms with E-state index in [1.165, 1.54) is 60.1 Å². The van der Waals surface area contributed by atoms with Gasteiger partial charge in [0.05, 0.1) is 71.8 Å². The van der Waals surface area contributed by atoms with Gasteiger partial charge in [0.25, 0.3) is 0 Å². The van der Waals surface area contributed by atoms with E-state index in [4.69, 9.17) is 71.1 Å². The number of esters is 3. The van der Waals surface area contributed by atoms with Gasteiger partial charge in [0.2, 0.25) is 6.29 Å². The van der Waals surface area contributed by atoms with Crippen molar-refractivity contribution in [3.05, 3.63) is 29.3 Å². The summed E-state index contributed by atoms with van der Waals surface area (Å²) in [6, 6.07) is 4.31. The Bertz CT molecular complexity index is 2740. The van der Waals surface area contributed by atoms with E-state index in [-0.39, 0.29) is 71.9 Å². The second kappa shape index (κ2) is 28.3. The van der Waals surface area contributed by atoms with Crippen molar-refractivity contribution in [3.8, 4) is 17.2 Å². The molecule has 27 heteroatoms. The van der Waals surface area contributed by atoms with Gasteiger partial charge < -0.3 is 107 Å². The van der Waals surface area contributed by atoms with Crippen LogP contribution in [-0.4, -0.2) is 226 Å². The van der Waals surface area contributed by atoms with Crippen LogP contribution in [0.4, 0.5) is 0 Å². The van der Waals surface area contributed by atoms with Gasteiger partial charge in [-0.3, -0.25) is 24.0 Å². The van der Waals surface area contributed by atoms with Crippen molar-refractivity contribution in [3.63, 3.8) is 0 Å². The Kier molecular flexibility index (Phi) is 22.2. The Morgan fingerprint density at radius 1 is 0.678 bits per heavy atom. The third-order valence-electron chi connectivity index (χ3n) is 16.9. The standard InChI is InChI=1S/C60H86O27/c1-23(2)59(71)87-58-29(8)79-45(22-60(58,11)72)84-39-19-43(75-25(4)50(39)67)83-38-20-44(76-26(5)49(38)66)86-57-35(56(74-13)53(70)48(65)24(3)61)16-33-14-32-15-34(17-37(80-30(9)62)46(32)51(68)47(33)52(57)69)82-42-21-40(55(28(7)78-42)81-31(10)63)85-41-18-36(64)54(73-12)27(6)77-41/h14-15,17,23-29,35-36,38-45,48-50,54-58,61,64-68,72H,16,18-22H2,1-13H3/t24-,25-,26-,27-,28-,29+,35+,36-,38-,39-,40-,41-,42+,43+,44+,45+,48+,49-,50-,54+,55+,56+,57+,58+,60+/m1/s1. The van der Waals surface area contributed by atoms with E-state index in [9.17, 15) is 54.9 Å². The number of carbonyl (C=O) groups is 5. The fourth-order valence-electron chi connectivity index (χ4n) is 12.6. The van der Waals surface area contributed by atoms with Crippen LogP contribution in [0.3, 0.4) is 0 Å². The summed E-state index contributed by atoms with van der Waals surface area (Å²) in [5, 5.41) is 78.8. The van der Waals surface area contributed by atoms with Crippen molar-refractivity contribution >= 4 is 40.2 Å². The number of phenolic OH excluding ortho intramolecular Hbond substituents is 1. The van der Waals surface area contributed by atoms with Crippen molar-refractivity contribution in [1.82, 2.24) is 0 Å². The quantitative estimate of drug-likeness (QED) is 0.0737. The number of ether oxygens (including phenoxy) is 15. The van der Waals surface area contributed by atoms with Gasteiger partial charge in [-0.25, -0.2) is 0 Å². The van der Waals surface area contributed by atoms with Gasteiger partial charge in [0.15, 0.2) is 48.9 Å². The predicted octanol–water partition coefficient (Wildman–Crippen LogP) is 2.09. The molecule has 2 aromatic rings. The van der Waals surface area contributed by atoms with Crippen LogP contribution in [-0.2, 0) is 87.2 Å². The number of rotatable bonds is 20. The van der Waals surface area contributed by atoms with Crippen LogP contribution in [0.1, 0.15) is 124 Å². The highest BCUT2D eigenvalue weighted by Crippen LogP contribution is 2.47. The zero-order valence-electron chi connectivity index (χ0n) is 51.2. The summed E-state index contributed by atoms with van der Waals surface area (Å²) in [4.78, 5) is 66.9. The smallest absolute Gasteiger partial charge is 0.308 e. The minimum atomic E-state index is -1.98. The summed E-state index contributed by atoms with van der Waals surface area (Å²) in [6.45, 7) is 16.5. The lowest BCUT2D eigenvalue weighted by atomic mass is 9.75. The van der Waals surface area contributed by atoms with Gasteiger partial charge in [0, 0.05) is 72.2 Å². The number of ketones is 2. The van der Waals surface area contributed by atoms with Crippen LogP contribution in [0.2, 0.25) is 0 Å². The number of fused-ring (bicyclic) bond motifs is 2. The summed E-state index contributed by atoms with van der Waals surface area (Å²) in [6.07, 6.45) is -26.4. The average molecular weight is 1240 g/mol. The molecule has 6 aliphatic rings. The Morgan fingerprint density at radius 2 is 1.23 bits per heavy atom. The molecule has 8 rings (SSSR count). The second-order valence-corrected chi connectivity index (χ2v) is 24.2. The zero-order valence-corrected chi connectivity index (χ0v) is 51.2. The number of carbonyl (C=O) groups excluding carboxylic acids is 5. The lowest BCUT2D eigenvalue weighted by molar-refractivity contribution is -0.334. The summed E-state index contributed by atoms with van der Waals surface area (Å²) < 4.78 is 90.4. The van der Waals surface area contributed by atoms with E-state index >= 15 is 4.79 Å². The molecule has 0 aromatic heterocycles. The highest BCUT2D eigenvalue weighted by molar-refractivity contribution is 6.11. The molecule has 0 amide bonds. The van der Waals surface area contributed by atoms with E-state index in [1.54, 1.807) is 41.5 Å². The molecule has 0 unspecified atom stereocenters. The molecular weight excluding hydrogens is 1150 g/mol. The summed E-state index contributed by atoms with van der Waals surface area (Å²) in [5.74, 6) is -6.41. The van der Waals surface area contributed by atoms with E-state index in [0.717, 1.165) is 6.92 Å². The molecule has 27 nitrogen and oxygen atoms in total.